The quantitative estimate of drug-likeness (QED) is 0.0817. The van der Waals surface area contributed by atoms with Gasteiger partial charge in [-0.15, -0.1) is 10.2 Å². The minimum atomic E-state index is -0.856. The second kappa shape index (κ2) is 22.3. The molecule has 11 rings (SSSR count). The van der Waals surface area contributed by atoms with Gasteiger partial charge >= 0.3 is 0 Å². The molecule has 1 aliphatic carbocycles. The van der Waals surface area contributed by atoms with Crippen LogP contribution in [0, 0.1) is 12.8 Å². The van der Waals surface area contributed by atoms with E-state index >= 15 is 0 Å². The molecule has 1 saturated carbocycles. The lowest BCUT2D eigenvalue weighted by molar-refractivity contribution is -0.141. The van der Waals surface area contributed by atoms with Crippen LogP contribution in [0.15, 0.2) is 90.0 Å². The van der Waals surface area contributed by atoms with Crippen LogP contribution in [-0.2, 0) is 14.3 Å². The SMILES string of the molecule is Cc1nccn1-c1ccc([C@H](C)NC(=O)[C@@H]2C[C@@H](O)CN2C(=O)[C@@H](c2cc(OCCN3CCC(O[C@H]4C[C@H](Oc5cc(N6C7CCC6CN(c6cc(-c8ccccc8O)nnc6N)C7)ccn5)C4)CC3)no2)C(C)C)cn1. The number of aryl methyl sites for hydroxylation is 1. The number of pyridine rings is 2. The average Bonchev–Trinajstić information content (AvgIpc) is 4.22. The number of β-amino-alcohol motifs (C(OH)–C–C–N with tert-alkyl or cyclic N) is 1. The van der Waals surface area contributed by atoms with Gasteiger partial charge in [0.25, 0.3) is 5.88 Å². The summed E-state index contributed by atoms with van der Waals surface area (Å²) in [5.41, 5.74) is 10.4. The maximum Gasteiger partial charge on any atom is 0.254 e. The van der Waals surface area contributed by atoms with E-state index in [1.807, 2.05) is 75.0 Å². The molecule has 5 N–H and O–H groups in total. The Morgan fingerprint density at radius 1 is 0.870 bits per heavy atom. The number of para-hydroxylation sites is 1. The summed E-state index contributed by atoms with van der Waals surface area (Å²) in [5.74, 6) is 1.77. The van der Waals surface area contributed by atoms with Crippen molar-refractivity contribution in [3.63, 3.8) is 0 Å². The number of imidazole rings is 1. The molecule has 1 aromatic carbocycles. The molecule has 2 unspecified atom stereocenters. The van der Waals surface area contributed by atoms with Crippen LogP contribution in [0.25, 0.3) is 17.1 Å². The molecule has 5 aromatic heterocycles. The highest BCUT2D eigenvalue weighted by Gasteiger charge is 2.45. The Morgan fingerprint density at radius 3 is 2.39 bits per heavy atom. The number of aromatic nitrogens is 7. The fourth-order valence-electron chi connectivity index (χ4n) is 11.8. The number of anilines is 3. The van der Waals surface area contributed by atoms with Crippen molar-refractivity contribution in [3.8, 4) is 34.6 Å². The molecule has 0 radical (unpaired) electrons. The van der Waals surface area contributed by atoms with Gasteiger partial charge in [-0.25, -0.2) is 15.0 Å². The molecule has 406 valence electrons. The second-order valence-corrected chi connectivity index (χ2v) is 21.6. The number of carbonyl (C=O) groups is 2. The molecule has 5 fully saturated rings. The van der Waals surface area contributed by atoms with Gasteiger partial charge in [-0.2, -0.15) is 0 Å². The summed E-state index contributed by atoms with van der Waals surface area (Å²) in [5, 5.41) is 36.9. The molecule has 4 saturated heterocycles. The third-order valence-electron chi connectivity index (χ3n) is 16.0. The van der Waals surface area contributed by atoms with Crippen molar-refractivity contribution in [2.45, 2.75) is 127 Å². The highest BCUT2D eigenvalue weighted by Crippen LogP contribution is 2.41. The Kier molecular flexibility index (Phi) is 15.0. The molecule has 2 bridgehead atoms. The van der Waals surface area contributed by atoms with Crippen molar-refractivity contribution in [2.75, 3.05) is 61.4 Å². The number of phenolic OH excluding ortho intramolecular Hbond substituents is 1. The number of rotatable bonds is 18. The number of aliphatic hydroxyl groups is 1. The normalized spacial score (nSPS) is 23.5. The zero-order valence-electron chi connectivity index (χ0n) is 44.1. The Labute approximate surface area is 447 Å². The van der Waals surface area contributed by atoms with Crippen LogP contribution in [-0.4, -0.2) is 155 Å². The maximum absolute atomic E-state index is 14.2. The first-order valence-corrected chi connectivity index (χ1v) is 27.1. The first-order chi connectivity index (χ1) is 37.3. The van der Waals surface area contributed by atoms with E-state index in [0.717, 1.165) is 93.3 Å². The number of hydrogen-bond acceptors (Lipinski definition) is 18. The van der Waals surface area contributed by atoms with Gasteiger partial charge in [-0.3, -0.25) is 19.1 Å². The molecular weight excluding hydrogens is 983 g/mol. The molecule has 0 spiro atoms. The van der Waals surface area contributed by atoms with E-state index in [4.69, 9.17) is 24.5 Å². The number of phenols is 1. The minimum Gasteiger partial charge on any atom is -0.507 e. The monoisotopic (exact) mass is 1050 g/mol. The zero-order valence-corrected chi connectivity index (χ0v) is 44.1. The summed E-state index contributed by atoms with van der Waals surface area (Å²) in [7, 11) is 0. The molecule has 6 aromatic rings. The van der Waals surface area contributed by atoms with Gasteiger partial charge in [-0.05, 0) is 86.5 Å². The van der Waals surface area contributed by atoms with Gasteiger partial charge in [0.05, 0.1) is 35.7 Å². The molecule has 5 aliphatic rings. The van der Waals surface area contributed by atoms with E-state index in [1.54, 1.807) is 30.6 Å². The Balaban J connectivity index is 0.601. The number of nitrogens with zero attached hydrogens (tertiary/aromatic N) is 11. The van der Waals surface area contributed by atoms with Crippen molar-refractivity contribution in [3.05, 3.63) is 103 Å². The lowest BCUT2D eigenvalue weighted by Crippen LogP contribution is -2.54. The lowest BCUT2D eigenvalue weighted by atomic mass is 9.91. The van der Waals surface area contributed by atoms with Crippen LogP contribution in [0.3, 0.4) is 0 Å². The largest absolute Gasteiger partial charge is 0.507 e. The van der Waals surface area contributed by atoms with Gasteiger partial charge < -0.3 is 54.7 Å². The topological polar surface area (TPSA) is 249 Å². The van der Waals surface area contributed by atoms with E-state index < -0.39 is 18.1 Å². The summed E-state index contributed by atoms with van der Waals surface area (Å²) < 4.78 is 26.6. The Hall–Kier alpha value is -7.36. The summed E-state index contributed by atoms with van der Waals surface area (Å²) in [6.45, 7) is 12.1. The number of aromatic hydroxyl groups is 1. The summed E-state index contributed by atoms with van der Waals surface area (Å²) >= 11 is 0. The molecule has 77 heavy (non-hydrogen) atoms. The van der Waals surface area contributed by atoms with Crippen molar-refractivity contribution in [1.29, 1.82) is 0 Å². The molecule has 6 atom stereocenters. The number of ether oxygens (including phenoxy) is 3. The third kappa shape index (κ3) is 11.2. The fourth-order valence-corrected chi connectivity index (χ4v) is 11.8. The molecule has 2 amide bonds. The smallest absolute Gasteiger partial charge is 0.254 e. The minimum absolute atomic E-state index is 0.0366. The van der Waals surface area contributed by atoms with E-state index in [9.17, 15) is 19.8 Å². The van der Waals surface area contributed by atoms with Crippen LogP contribution in [0.4, 0.5) is 17.2 Å². The molecule has 21 nitrogen and oxygen atoms in total. The standard InChI is InChI=1S/C56H69N13O8/c1-33(2)53(56(73)68-32-40(70)24-47(68)55(72)61-34(3)36-9-12-50(60-29-36)67-20-17-58-35(67)4)49-28-52(64-77-49)74-22-21-65-18-14-41(15-19-65)75-42-25-43(26-42)76-51-23-37(13-16-59-51)69-38-10-11-39(69)31-66(30-38)46-27-45(62-63-54(46)57)44-7-5-6-8-48(44)71/h5-9,12-13,16-17,20,23,27-29,33-34,38-43,47,53,70-71H,10-11,14-15,18-19,21-22,24-26,30-32H2,1-4H3,(H2,57,63)(H,61,72)/t34-,38?,39?,40+,42-,43-,47-,53+/m0/s1. The first-order valence-electron chi connectivity index (χ1n) is 27.1. The number of nitrogens with one attached hydrogen (secondary N) is 1. The van der Waals surface area contributed by atoms with Crippen LogP contribution in [0.1, 0.15) is 94.8 Å². The number of benzene rings is 1. The molecular formula is C56H69N13O8. The van der Waals surface area contributed by atoms with Gasteiger partial charge in [-0.1, -0.05) is 32.0 Å². The van der Waals surface area contributed by atoms with Crippen LogP contribution < -0.4 is 30.3 Å². The van der Waals surface area contributed by atoms with E-state index in [0.29, 0.717) is 47.7 Å². The van der Waals surface area contributed by atoms with Gasteiger partial charge in [0, 0.05) is 119 Å². The number of nitrogens with two attached hydrogens (primary N) is 1. The third-order valence-corrected chi connectivity index (χ3v) is 16.0. The van der Waals surface area contributed by atoms with Crippen molar-refractivity contribution >= 4 is 29.0 Å². The number of hydrogen-bond donors (Lipinski definition) is 4. The number of piperidine rings is 1. The van der Waals surface area contributed by atoms with Crippen LogP contribution in [0.5, 0.6) is 17.5 Å². The van der Waals surface area contributed by atoms with Crippen LogP contribution >= 0.6 is 0 Å². The average molecular weight is 1050 g/mol. The van der Waals surface area contributed by atoms with Crippen molar-refractivity contribution in [2.24, 2.45) is 5.92 Å². The highest BCUT2D eigenvalue weighted by molar-refractivity contribution is 5.91. The summed E-state index contributed by atoms with van der Waals surface area (Å²) in [6.07, 6.45) is 12.4. The predicted octanol–water partition coefficient (Wildman–Crippen LogP) is 5.61. The van der Waals surface area contributed by atoms with E-state index in [2.05, 4.69) is 62.5 Å². The fraction of sp³-hybridized carbons (Fsp3) is 0.500. The van der Waals surface area contributed by atoms with E-state index in [1.165, 1.54) is 4.90 Å². The first kappa shape index (κ1) is 51.7. The van der Waals surface area contributed by atoms with Gasteiger partial charge in [0.2, 0.25) is 17.7 Å². The van der Waals surface area contributed by atoms with Crippen molar-refractivity contribution < 1.29 is 38.5 Å². The number of piperazine rings is 1. The predicted molar refractivity (Wildman–Crippen MR) is 286 cm³/mol. The highest BCUT2D eigenvalue weighted by atomic mass is 16.5. The number of amides is 2. The number of carbonyl (C=O) groups excluding carboxylic acids is 2. The van der Waals surface area contributed by atoms with Crippen LogP contribution in [0.2, 0.25) is 0 Å². The number of nitrogen functional groups attached to an aromatic ring is 1. The maximum atomic E-state index is 14.2. The number of aliphatic hydroxyl groups excluding tert-OH is 1. The number of fused-ring (bicyclic) bond motifs is 2. The van der Waals surface area contributed by atoms with Crippen molar-refractivity contribution in [1.82, 2.24) is 50.0 Å². The lowest BCUT2D eigenvalue weighted by Gasteiger charge is -2.43. The molecule has 21 heteroatoms. The zero-order chi connectivity index (χ0) is 53.3. The van der Waals surface area contributed by atoms with Gasteiger partial charge in [0.1, 0.15) is 42.1 Å². The molecule has 9 heterocycles. The number of likely N-dealkylation sites (tertiary alicyclic amines) is 2. The Morgan fingerprint density at radius 2 is 1.66 bits per heavy atom. The Bertz CT molecular complexity index is 3000. The van der Waals surface area contributed by atoms with E-state index in [-0.39, 0.29) is 72.9 Å². The second-order valence-electron chi connectivity index (χ2n) is 21.6. The molecule has 4 aliphatic heterocycles. The van der Waals surface area contributed by atoms with Gasteiger partial charge in [0.15, 0.2) is 11.6 Å². The summed E-state index contributed by atoms with van der Waals surface area (Å²) in [6, 6.07) is 18.0. The summed E-state index contributed by atoms with van der Waals surface area (Å²) in [4.78, 5) is 50.0.